The van der Waals surface area contributed by atoms with Gasteiger partial charge in [-0.3, -0.25) is 9.59 Å². The zero-order valence-corrected chi connectivity index (χ0v) is 21.8. The van der Waals surface area contributed by atoms with Gasteiger partial charge in [0.1, 0.15) is 6.04 Å². The Morgan fingerprint density at radius 3 is 2.36 bits per heavy atom. The first kappa shape index (κ1) is 25.4. The van der Waals surface area contributed by atoms with Crippen LogP contribution in [0, 0.1) is 12.3 Å². The lowest BCUT2D eigenvalue weighted by atomic mass is 9.85. The van der Waals surface area contributed by atoms with Gasteiger partial charge in [-0.25, -0.2) is 4.98 Å². The van der Waals surface area contributed by atoms with Crippen molar-refractivity contribution >= 4 is 23.2 Å². The van der Waals surface area contributed by atoms with Crippen molar-refractivity contribution in [3.05, 3.63) is 41.0 Å². The van der Waals surface area contributed by atoms with Crippen molar-refractivity contribution in [1.82, 2.24) is 20.5 Å². The maximum atomic E-state index is 13.5. The molecule has 180 valence electrons. The van der Waals surface area contributed by atoms with Crippen LogP contribution in [0.4, 0.5) is 0 Å². The molecule has 1 aliphatic heterocycles. The molecular weight excluding hydrogens is 432 g/mol. The highest BCUT2D eigenvalue weighted by molar-refractivity contribution is 7.13. The Hall–Kier alpha value is -2.25. The third-order valence-electron chi connectivity index (χ3n) is 6.23. The Morgan fingerprint density at radius 1 is 1.15 bits per heavy atom. The number of benzene rings is 1. The fourth-order valence-corrected chi connectivity index (χ4v) is 5.20. The van der Waals surface area contributed by atoms with Gasteiger partial charge in [0.25, 0.3) is 0 Å². The van der Waals surface area contributed by atoms with E-state index in [0.717, 1.165) is 23.2 Å². The van der Waals surface area contributed by atoms with Crippen LogP contribution >= 0.6 is 11.3 Å². The number of thiazole rings is 1. The molecule has 2 heterocycles. The molecule has 0 bridgehead atoms. The summed E-state index contributed by atoms with van der Waals surface area (Å²) in [5.74, 6) is -0.0567. The van der Waals surface area contributed by atoms with Crippen LogP contribution in [-0.2, 0) is 9.59 Å². The van der Waals surface area contributed by atoms with Gasteiger partial charge in [-0.2, -0.15) is 0 Å². The number of amides is 2. The van der Waals surface area contributed by atoms with Crippen LogP contribution in [-0.4, -0.2) is 46.4 Å². The van der Waals surface area contributed by atoms with Gasteiger partial charge in [0.05, 0.1) is 28.2 Å². The molecule has 1 aromatic carbocycles. The normalized spacial score (nSPS) is 18.4. The van der Waals surface area contributed by atoms with Crippen LogP contribution in [0.2, 0.25) is 0 Å². The molecular formula is C26H38N4O2S. The van der Waals surface area contributed by atoms with Gasteiger partial charge >= 0.3 is 0 Å². The fourth-order valence-electron chi connectivity index (χ4n) is 4.39. The number of nitrogens with one attached hydrogen (secondary N) is 2. The second kappa shape index (κ2) is 10.3. The lowest BCUT2D eigenvalue weighted by Crippen LogP contribution is -2.57. The van der Waals surface area contributed by atoms with E-state index in [1.165, 1.54) is 4.88 Å². The number of nitrogens with zero attached hydrogens (tertiary/aromatic N) is 2. The summed E-state index contributed by atoms with van der Waals surface area (Å²) in [5, 5.41) is 6.56. The van der Waals surface area contributed by atoms with Gasteiger partial charge in [0.2, 0.25) is 11.8 Å². The van der Waals surface area contributed by atoms with Crippen LogP contribution < -0.4 is 10.6 Å². The molecule has 33 heavy (non-hydrogen) atoms. The number of hydrogen-bond donors (Lipinski definition) is 2. The highest BCUT2D eigenvalue weighted by Gasteiger charge is 2.41. The highest BCUT2D eigenvalue weighted by atomic mass is 32.1. The summed E-state index contributed by atoms with van der Waals surface area (Å²) in [7, 11) is 0. The number of likely N-dealkylation sites (tertiary alicyclic amines) is 1. The van der Waals surface area contributed by atoms with Crippen LogP contribution in [0.3, 0.4) is 0 Å². The van der Waals surface area contributed by atoms with Crippen molar-refractivity contribution in [2.24, 2.45) is 5.41 Å². The van der Waals surface area contributed by atoms with Crippen molar-refractivity contribution in [2.75, 3.05) is 6.54 Å². The van der Waals surface area contributed by atoms with E-state index in [1.54, 1.807) is 16.2 Å². The Kier molecular flexibility index (Phi) is 7.96. The lowest BCUT2D eigenvalue weighted by Gasteiger charge is -2.36. The summed E-state index contributed by atoms with van der Waals surface area (Å²) in [6.45, 7) is 14.9. The number of carbonyl (C=O) groups is 2. The number of hydrogen-bond acceptors (Lipinski definition) is 5. The average Bonchev–Trinajstić information content (AvgIpc) is 3.40. The third kappa shape index (κ3) is 6.01. The number of rotatable bonds is 7. The molecule has 1 fully saturated rings. The molecule has 7 heteroatoms. The van der Waals surface area contributed by atoms with Crippen LogP contribution in [0.1, 0.15) is 71.7 Å². The standard InChI is InChI=1S/C26H38N4O2S/c1-16(2)28-23(26(5,6)7)25(32)30-14-8-9-21(30)24(31)29-17(3)19-10-12-20(13-11-19)22-18(4)27-15-33-22/h10-13,15-17,21,23,28H,8-9,14H2,1-7H3,(H,29,31)/t17-,21-,23?/m0/s1. The zero-order valence-electron chi connectivity index (χ0n) is 20.9. The Bertz CT molecular complexity index is 961. The lowest BCUT2D eigenvalue weighted by molar-refractivity contribution is -0.142. The molecule has 3 atom stereocenters. The predicted octanol–water partition coefficient (Wildman–Crippen LogP) is 4.70. The van der Waals surface area contributed by atoms with Crippen LogP contribution in [0.25, 0.3) is 10.4 Å². The van der Waals surface area contributed by atoms with E-state index in [2.05, 4.69) is 60.7 Å². The Balaban J connectivity index is 1.68. The third-order valence-corrected chi connectivity index (χ3v) is 7.21. The van der Waals surface area contributed by atoms with Crippen LogP contribution in [0.5, 0.6) is 0 Å². The van der Waals surface area contributed by atoms with E-state index >= 15 is 0 Å². The van der Waals surface area contributed by atoms with E-state index in [1.807, 2.05) is 33.2 Å². The second-order valence-corrected chi connectivity index (χ2v) is 11.3. The molecule has 0 aliphatic carbocycles. The van der Waals surface area contributed by atoms with Gasteiger partial charge in [-0.1, -0.05) is 58.9 Å². The first-order chi connectivity index (χ1) is 15.5. The first-order valence-corrected chi connectivity index (χ1v) is 12.7. The Morgan fingerprint density at radius 2 is 1.82 bits per heavy atom. The van der Waals surface area contributed by atoms with E-state index in [4.69, 9.17) is 0 Å². The quantitative estimate of drug-likeness (QED) is 0.615. The molecule has 1 aliphatic rings. The van der Waals surface area contributed by atoms with Gasteiger partial charge < -0.3 is 15.5 Å². The molecule has 3 rings (SSSR count). The van der Waals surface area contributed by atoms with Crippen molar-refractivity contribution in [3.63, 3.8) is 0 Å². The number of aryl methyl sites for hydroxylation is 1. The average molecular weight is 471 g/mol. The maximum absolute atomic E-state index is 13.5. The first-order valence-electron chi connectivity index (χ1n) is 11.9. The van der Waals surface area contributed by atoms with Gasteiger partial charge in [-0.15, -0.1) is 11.3 Å². The number of carbonyl (C=O) groups excluding carboxylic acids is 2. The van der Waals surface area contributed by atoms with E-state index < -0.39 is 6.04 Å². The Labute approximate surface area is 202 Å². The summed E-state index contributed by atoms with van der Waals surface area (Å²) >= 11 is 1.63. The molecule has 6 nitrogen and oxygen atoms in total. The minimum atomic E-state index is -0.419. The van der Waals surface area contributed by atoms with E-state index in [9.17, 15) is 9.59 Å². The monoisotopic (exact) mass is 470 g/mol. The van der Waals surface area contributed by atoms with Crippen molar-refractivity contribution in [3.8, 4) is 10.4 Å². The fraction of sp³-hybridized carbons (Fsp3) is 0.577. The minimum Gasteiger partial charge on any atom is -0.348 e. The van der Waals surface area contributed by atoms with Crippen molar-refractivity contribution in [2.45, 2.75) is 85.5 Å². The molecule has 0 spiro atoms. The minimum absolute atomic E-state index is 0.0192. The zero-order chi connectivity index (χ0) is 24.3. The largest absolute Gasteiger partial charge is 0.348 e. The maximum Gasteiger partial charge on any atom is 0.243 e. The summed E-state index contributed by atoms with van der Waals surface area (Å²) in [4.78, 5) is 33.9. The van der Waals surface area contributed by atoms with Crippen molar-refractivity contribution in [1.29, 1.82) is 0 Å². The predicted molar refractivity (Wildman–Crippen MR) is 135 cm³/mol. The molecule has 0 saturated carbocycles. The SMILES string of the molecule is Cc1ncsc1-c1ccc([C@H](C)NC(=O)[C@@H]2CCCN2C(=O)C(NC(C)C)C(C)(C)C)cc1. The summed E-state index contributed by atoms with van der Waals surface area (Å²) in [6.07, 6.45) is 1.55. The van der Waals surface area contributed by atoms with E-state index in [0.29, 0.717) is 13.0 Å². The summed E-state index contributed by atoms with van der Waals surface area (Å²) in [6, 6.07) is 7.57. The summed E-state index contributed by atoms with van der Waals surface area (Å²) < 4.78 is 0. The highest BCUT2D eigenvalue weighted by Crippen LogP contribution is 2.29. The molecule has 2 aromatic rings. The van der Waals surface area contributed by atoms with Crippen LogP contribution in [0.15, 0.2) is 29.8 Å². The van der Waals surface area contributed by atoms with E-state index in [-0.39, 0.29) is 35.4 Å². The second-order valence-electron chi connectivity index (χ2n) is 10.4. The molecule has 2 N–H and O–H groups in total. The molecule has 2 amide bonds. The molecule has 1 unspecified atom stereocenters. The topological polar surface area (TPSA) is 74.3 Å². The summed E-state index contributed by atoms with van der Waals surface area (Å²) in [5.41, 5.74) is 4.82. The molecule has 0 radical (unpaired) electrons. The molecule has 1 saturated heterocycles. The molecule has 1 aromatic heterocycles. The van der Waals surface area contributed by atoms with Gasteiger partial charge in [-0.05, 0) is 43.2 Å². The smallest absolute Gasteiger partial charge is 0.243 e. The van der Waals surface area contributed by atoms with Gasteiger partial charge in [0.15, 0.2) is 0 Å². The van der Waals surface area contributed by atoms with Crippen molar-refractivity contribution < 1.29 is 9.59 Å². The number of aromatic nitrogens is 1. The van der Waals surface area contributed by atoms with Gasteiger partial charge in [0, 0.05) is 12.6 Å².